The highest BCUT2D eigenvalue weighted by Crippen LogP contribution is 2.46. The van der Waals surface area contributed by atoms with Crippen molar-refractivity contribution >= 4 is 23.1 Å². The Labute approximate surface area is 147 Å². The van der Waals surface area contributed by atoms with Gasteiger partial charge in [0.25, 0.3) is 0 Å². The van der Waals surface area contributed by atoms with Gasteiger partial charge in [0.1, 0.15) is 12.1 Å². The van der Waals surface area contributed by atoms with Crippen molar-refractivity contribution in [3.63, 3.8) is 0 Å². The van der Waals surface area contributed by atoms with Gasteiger partial charge in [-0.1, -0.05) is 5.11 Å². The summed E-state index contributed by atoms with van der Waals surface area (Å²) in [6.45, 7) is 3.06. The van der Waals surface area contributed by atoms with Crippen molar-refractivity contribution in [2.45, 2.75) is 62.9 Å². The van der Waals surface area contributed by atoms with Crippen LogP contribution < -0.4 is 0 Å². The summed E-state index contributed by atoms with van der Waals surface area (Å²) < 4.78 is 4.89. The van der Waals surface area contributed by atoms with Crippen LogP contribution in [0, 0.1) is 0 Å². The SMILES string of the molecule is CC(=O)[C@]1(O)O[C@H](C(=O)C(C)O)[C@](O)(C(C)=O)[C@@](O)(C(C)=O)[C@@H]1N=[N+]=[N-]. The maximum absolute atomic E-state index is 12.3. The Hall–Kier alpha value is -2.21. The van der Waals surface area contributed by atoms with Gasteiger partial charge in [-0.15, -0.1) is 0 Å². The summed E-state index contributed by atoms with van der Waals surface area (Å²) >= 11 is 0. The van der Waals surface area contributed by atoms with Crippen LogP contribution in [0.4, 0.5) is 0 Å². The number of carbonyl (C=O) groups excluding carboxylic acids is 4. The number of azide groups is 1. The molecule has 144 valence electrons. The van der Waals surface area contributed by atoms with Crippen molar-refractivity contribution in [1.29, 1.82) is 0 Å². The highest BCUT2D eigenvalue weighted by atomic mass is 16.7. The van der Waals surface area contributed by atoms with Crippen molar-refractivity contribution in [1.82, 2.24) is 0 Å². The molecule has 1 fully saturated rings. The number of aliphatic hydroxyl groups is 4. The number of ether oxygens (including phenoxy) is 1. The fourth-order valence-corrected chi connectivity index (χ4v) is 2.91. The number of Topliss-reactive ketones (excluding diaryl/α,β-unsaturated/α-hetero) is 4. The first-order chi connectivity index (χ1) is 11.7. The lowest BCUT2D eigenvalue weighted by molar-refractivity contribution is -0.324. The van der Waals surface area contributed by atoms with E-state index in [9.17, 15) is 39.6 Å². The van der Waals surface area contributed by atoms with E-state index in [1.807, 2.05) is 0 Å². The van der Waals surface area contributed by atoms with Gasteiger partial charge in [0, 0.05) is 11.8 Å². The molecule has 6 atom stereocenters. The highest BCUT2D eigenvalue weighted by molar-refractivity contribution is 6.05. The second-order valence-electron chi connectivity index (χ2n) is 6.08. The Morgan fingerprint density at radius 2 is 1.50 bits per heavy atom. The number of ketones is 4. The van der Waals surface area contributed by atoms with Crippen LogP contribution >= 0.6 is 0 Å². The summed E-state index contributed by atoms with van der Waals surface area (Å²) in [6.07, 6.45) is -4.37. The molecule has 1 heterocycles. The second kappa shape index (κ2) is 6.83. The molecule has 1 aliphatic heterocycles. The number of nitrogens with zero attached hydrogens (tertiary/aromatic N) is 3. The second-order valence-corrected chi connectivity index (χ2v) is 6.08. The van der Waals surface area contributed by atoms with Crippen LogP contribution in [0.1, 0.15) is 27.7 Å². The lowest BCUT2D eigenvalue weighted by atomic mass is 9.64. The van der Waals surface area contributed by atoms with Gasteiger partial charge in [0.15, 0.2) is 40.4 Å². The Kier molecular flexibility index (Phi) is 5.74. The molecular weight excluding hydrogens is 354 g/mol. The summed E-state index contributed by atoms with van der Waals surface area (Å²) in [7, 11) is 0. The van der Waals surface area contributed by atoms with Gasteiger partial charge in [-0.25, -0.2) is 0 Å². The minimum absolute atomic E-state index is 0.684. The molecule has 0 aliphatic carbocycles. The van der Waals surface area contributed by atoms with Crippen molar-refractivity contribution in [2.75, 3.05) is 0 Å². The Morgan fingerprint density at radius 3 is 1.81 bits per heavy atom. The summed E-state index contributed by atoms with van der Waals surface area (Å²) in [4.78, 5) is 50.8. The molecule has 0 aromatic heterocycles. The molecule has 0 aromatic rings. The number of carbonyl (C=O) groups is 4. The molecule has 0 aromatic carbocycles. The number of hydrogen-bond donors (Lipinski definition) is 4. The first-order valence-corrected chi connectivity index (χ1v) is 7.36. The zero-order chi connectivity index (χ0) is 20.7. The Morgan fingerprint density at radius 1 is 1.04 bits per heavy atom. The van der Waals surface area contributed by atoms with Gasteiger partial charge >= 0.3 is 0 Å². The van der Waals surface area contributed by atoms with E-state index in [-0.39, 0.29) is 0 Å². The van der Waals surface area contributed by atoms with E-state index in [4.69, 9.17) is 10.3 Å². The van der Waals surface area contributed by atoms with E-state index < -0.39 is 58.4 Å². The van der Waals surface area contributed by atoms with Gasteiger partial charge in [0.05, 0.1) is 0 Å². The third-order valence-corrected chi connectivity index (χ3v) is 4.44. The fraction of sp³-hybridized carbons (Fsp3) is 0.714. The normalized spacial score (nSPS) is 38.0. The van der Waals surface area contributed by atoms with Gasteiger partial charge < -0.3 is 25.2 Å². The van der Waals surface area contributed by atoms with E-state index in [1.54, 1.807) is 0 Å². The molecule has 0 spiro atoms. The number of aliphatic hydroxyl groups excluding tert-OH is 1. The monoisotopic (exact) mass is 373 g/mol. The van der Waals surface area contributed by atoms with Crippen LogP contribution in [0.5, 0.6) is 0 Å². The van der Waals surface area contributed by atoms with Crippen LogP contribution in [0.15, 0.2) is 5.11 Å². The molecule has 0 amide bonds. The molecule has 1 aliphatic rings. The molecule has 1 saturated heterocycles. The van der Waals surface area contributed by atoms with Crippen LogP contribution in [0.3, 0.4) is 0 Å². The van der Waals surface area contributed by atoms with E-state index in [0.717, 1.165) is 13.8 Å². The molecule has 0 bridgehead atoms. The van der Waals surface area contributed by atoms with E-state index in [0.29, 0.717) is 13.8 Å². The molecule has 0 saturated carbocycles. The molecule has 26 heavy (non-hydrogen) atoms. The first-order valence-electron chi connectivity index (χ1n) is 7.36. The van der Waals surface area contributed by atoms with Crippen LogP contribution in [0.2, 0.25) is 0 Å². The summed E-state index contributed by atoms with van der Waals surface area (Å²) in [6, 6.07) is -2.50. The highest BCUT2D eigenvalue weighted by Gasteiger charge is 2.76. The quantitative estimate of drug-likeness (QED) is 0.229. The van der Waals surface area contributed by atoms with E-state index >= 15 is 0 Å². The Balaban J connectivity index is 3.98. The first kappa shape index (κ1) is 21.8. The zero-order valence-electron chi connectivity index (χ0n) is 14.4. The van der Waals surface area contributed by atoms with Gasteiger partial charge in [-0.2, -0.15) is 0 Å². The standard InChI is InChI=1S/C14H19N3O9/c1-5(18)9(22)10-12(23,6(2)19)13(24,7(3)20)11(16-17-15)14(25,26-10)8(4)21/h5,10-11,18,23-25H,1-4H3/t5?,10-,11+,12-,13-,14+/m1/s1. The largest absolute Gasteiger partial charge is 0.386 e. The molecule has 1 rings (SSSR count). The smallest absolute Gasteiger partial charge is 0.239 e. The van der Waals surface area contributed by atoms with Gasteiger partial charge in [0.2, 0.25) is 5.79 Å². The third kappa shape index (κ3) is 2.72. The number of hydrogen-bond acceptors (Lipinski definition) is 10. The topological polar surface area (TPSA) is 207 Å². The third-order valence-electron chi connectivity index (χ3n) is 4.44. The average molecular weight is 373 g/mol. The molecule has 1 unspecified atom stereocenters. The minimum atomic E-state index is -3.40. The van der Waals surface area contributed by atoms with Crippen LogP contribution in [-0.4, -0.2) is 78.8 Å². The zero-order valence-corrected chi connectivity index (χ0v) is 14.4. The molecule has 12 heteroatoms. The van der Waals surface area contributed by atoms with Crippen molar-refractivity contribution in [2.24, 2.45) is 5.11 Å². The van der Waals surface area contributed by atoms with Crippen LogP contribution in [-0.2, 0) is 23.9 Å². The minimum Gasteiger partial charge on any atom is -0.386 e. The van der Waals surface area contributed by atoms with Crippen molar-refractivity contribution in [3.8, 4) is 0 Å². The lowest BCUT2D eigenvalue weighted by Gasteiger charge is -2.55. The van der Waals surface area contributed by atoms with Gasteiger partial charge in [-0.05, 0) is 26.3 Å². The molecular formula is C14H19N3O9. The Bertz CT molecular complexity index is 716. The van der Waals surface area contributed by atoms with Crippen molar-refractivity contribution in [3.05, 3.63) is 10.4 Å². The predicted molar refractivity (Wildman–Crippen MR) is 81.4 cm³/mol. The fourth-order valence-electron chi connectivity index (χ4n) is 2.91. The maximum atomic E-state index is 12.3. The molecule has 12 nitrogen and oxygen atoms in total. The molecule has 0 radical (unpaired) electrons. The lowest BCUT2D eigenvalue weighted by Crippen LogP contribution is -2.84. The summed E-state index contributed by atoms with van der Waals surface area (Å²) in [5.74, 6) is -8.68. The van der Waals surface area contributed by atoms with E-state index in [1.165, 1.54) is 0 Å². The van der Waals surface area contributed by atoms with Crippen molar-refractivity contribution < 1.29 is 44.3 Å². The van der Waals surface area contributed by atoms with Crippen LogP contribution in [0.25, 0.3) is 10.4 Å². The van der Waals surface area contributed by atoms with Gasteiger partial charge in [-0.3, -0.25) is 19.2 Å². The predicted octanol–water partition coefficient (Wildman–Crippen LogP) is -2.07. The molecule has 4 N–H and O–H groups in total. The summed E-state index contributed by atoms with van der Waals surface area (Å²) in [5.41, 5.74) is 1.95. The maximum Gasteiger partial charge on any atom is 0.239 e. The average Bonchev–Trinajstić information content (AvgIpc) is 2.53. The van der Waals surface area contributed by atoms with E-state index in [2.05, 4.69) is 10.0 Å². The summed E-state index contributed by atoms with van der Waals surface area (Å²) in [5, 5.41) is 44.8. The number of rotatable bonds is 6.